The van der Waals surface area contributed by atoms with Crippen molar-refractivity contribution in [3.05, 3.63) is 29.8 Å². The second-order valence-electron chi connectivity index (χ2n) is 7.07. The molecule has 0 fully saturated rings. The first-order chi connectivity index (χ1) is 10.7. The minimum atomic E-state index is -3.16. The average Bonchev–Trinajstić information content (AvgIpc) is 2.53. The minimum Gasteiger partial charge on any atom is -0.379 e. The molecule has 0 spiro atoms. The van der Waals surface area contributed by atoms with Crippen LogP contribution < -0.4 is 0 Å². The summed E-state index contributed by atoms with van der Waals surface area (Å²) in [4.78, 5) is 0.447. The molecule has 0 aliphatic rings. The smallest absolute Gasteiger partial charge is 0.178 e. The van der Waals surface area contributed by atoms with Crippen molar-refractivity contribution in [1.29, 1.82) is 0 Å². The Hall–Kier alpha value is -0.870. The van der Waals surface area contributed by atoms with E-state index in [-0.39, 0.29) is 11.4 Å². The lowest BCUT2D eigenvalue weighted by Gasteiger charge is -2.23. The molecule has 0 amide bonds. The molecular weight excluding hydrogens is 308 g/mol. The third-order valence-corrected chi connectivity index (χ3v) is 6.36. The molecule has 1 unspecified atom stereocenters. The van der Waals surface area contributed by atoms with Crippen LogP contribution in [0.2, 0.25) is 0 Å². The molecular formula is C19H32O3S. The van der Waals surface area contributed by atoms with E-state index < -0.39 is 9.84 Å². The largest absolute Gasteiger partial charge is 0.379 e. The molecule has 0 aromatic heterocycles. The SMILES string of the molecule is CCc1ccc(S(=O)(=O)CCC(C)CCCC(C)(C)OC)cc1. The molecule has 0 saturated heterocycles. The number of aryl methyl sites for hydroxylation is 1. The summed E-state index contributed by atoms with van der Waals surface area (Å²) in [5.41, 5.74) is 1.07. The summed E-state index contributed by atoms with van der Waals surface area (Å²) >= 11 is 0. The predicted octanol–water partition coefficient (Wildman–Crippen LogP) is 4.64. The van der Waals surface area contributed by atoms with Gasteiger partial charge in [-0.1, -0.05) is 38.8 Å². The van der Waals surface area contributed by atoms with E-state index in [2.05, 4.69) is 27.7 Å². The van der Waals surface area contributed by atoms with E-state index in [0.717, 1.165) is 31.2 Å². The van der Waals surface area contributed by atoms with Crippen molar-refractivity contribution in [1.82, 2.24) is 0 Å². The summed E-state index contributed by atoms with van der Waals surface area (Å²) in [5.74, 6) is 0.639. The fourth-order valence-corrected chi connectivity index (χ4v) is 4.03. The van der Waals surface area contributed by atoms with Crippen LogP contribution in [0.15, 0.2) is 29.2 Å². The Kier molecular flexibility index (Phi) is 7.75. The van der Waals surface area contributed by atoms with Crippen LogP contribution in [0.25, 0.3) is 0 Å². The van der Waals surface area contributed by atoms with E-state index in [1.165, 1.54) is 0 Å². The summed E-state index contributed by atoms with van der Waals surface area (Å²) in [7, 11) is -1.43. The molecule has 0 radical (unpaired) electrons. The normalized spacial score (nSPS) is 14.0. The number of hydrogen-bond donors (Lipinski definition) is 0. The van der Waals surface area contributed by atoms with Gasteiger partial charge in [0.2, 0.25) is 0 Å². The monoisotopic (exact) mass is 340 g/mol. The van der Waals surface area contributed by atoms with Gasteiger partial charge in [0.05, 0.1) is 16.2 Å². The molecule has 3 nitrogen and oxygen atoms in total. The third kappa shape index (κ3) is 7.05. The van der Waals surface area contributed by atoms with Gasteiger partial charge in [-0.25, -0.2) is 8.42 Å². The first-order valence-corrected chi connectivity index (χ1v) is 10.2. The molecule has 0 bridgehead atoms. The first kappa shape index (κ1) is 20.2. The van der Waals surface area contributed by atoms with Crippen molar-refractivity contribution in [2.24, 2.45) is 5.92 Å². The topological polar surface area (TPSA) is 43.4 Å². The second kappa shape index (κ2) is 8.84. The Bertz CT molecular complexity index is 559. The van der Waals surface area contributed by atoms with Gasteiger partial charge in [0.1, 0.15) is 0 Å². The quantitative estimate of drug-likeness (QED) is 0.623. The fourth-order valence-electron chi connectivity index (χ4n) is 2.53. The lowest BCUT2D eigenvalue weighted by Crippen LogP contribution is -2.22. The molecule has 0 aliphatic heterocycles. The fraction of sp³-hybridized carbons (Fsp3) is 0.684. The molecule has 0 N–H and O–H groups in total. The summed E-state index contributed by atoms with van der Waals surface area (Å²) in [5, 5.41) is 0. The zero-order valence-corrected chi connectivity index (χ0v) is 16.1. The standard InChI is InChI=1S/C19H32O3S/c1-6-17-9-11-18(12-10-17)23(20,21)15-13-16(2)8-7-14-19(3,4)22-5/h9-12,16H,6-8,13-15H2,1-5H3. The Morgan fingerprint density at radius 3 is 2.26 bits per heavy atom. The number of benzene rings is 1. The van der Waals surface area contributed by atoms with Crippen LogP contribution in [0.4, 0.5) is 0 Å². The van der Waals surface area contributed by atoms with Gasteiger partial charge in [0.15, 0.2) is 9.84 Å². The van der Waals surface area contributed by atoms with Gasteiger partial charge in [-0.3, -0.25) is 0 Å². The highest BCUT2D eigenvalue weighted by atomic mass is 32.2. The summed E-state index contributed by atoms with van der Waals surface area (Å²) in [6.45, 7) is 8.37. The lowest BCUT2D eigenvalue weighted by atomic mass is 9.95. The van der Waals surface area contributed by atoms with Gasteiger partial charge < -0.3 is 4.74 Å². The van der Waals surface area contributed by atoms with Crippen molar-refractivity contribution in [3.8, 4) is 0 Å². The summed E-state index contributed by atoms with van der Waals surface area (Å²) in [6, 6.07) is 7.28. The van der Waals surface area contributed by atoms with E-state index in [0.29, 0.717) is 17.2 Å². The highest BCUT2D eigenvalue weighted by Crippen LogP contribution is 2.22. The Balaban J connectivity index is 2.45. The number of hydrogen-bond acceptors (Lipinski definition) is 3. The van der Waals surface area contributed by atoms with Gasteiger partial charge in [0, 0.05) is 7.11 Å². The predicted molar refractivity (Wildman–Crippen MR) is 96.6 cm³/mol. The molecule has 23 heavy (non-hydrogen) atoms. The molecule has 4 heteroatoms. The number of rotatable bonds is 10. The van der Waals surface area contributed by atoms with Gasteiger partial charge in [-0.15, -0.1) is 0 Å². The molecule has 1 aromatic rings. The number of sulfone groups is 1. The van der Waals surface area contributed by atoms with Gasteiger partial charge >= 0.3 is 0 Å². The van der Waals surface area contributed by atoms with Crippen LogP contribution in [0.3, 0.4) is 0 Å². The van der Waals surface area contributed by atoms with Crippen LogP contribution in [-0.4, -0.2) is 26.9 Å². The van der Waals surface area contributed by atoms with E-state index in [9.17, 15) is 8.42 Å². The van der Waals surface area contributed by atoms with E-state index in [4.69, 9.17) is 4.74 Å². The highest BCUT2D eigenvalue weighted by Gasteiger charge is 2.18. The first-order valence-electron chi connectivity index (χ1n) is 8.57. The Morgan fingerprint density at radius 2 is 1.74 bits per heavy atom. The maximum absolute atomic E-state index is 12.4. The zero-order chi connectivity index (χ0) is 17.5. The van der Waals surface area contributed by atoms with Crippen molar-refractivity contribution < 1.29 is 13.2 Å². The Morgan fingerprint density at radius 1 is 1.13 bits per heavy atom. The average molecular weight is 341 g/mol. The van der Waals surface area contributed by atoms with Gasteiger partial charge in [-0.05, 0) is 56.7 Å². The van der Waals surface area contributed by atoms with Crippen molar-refractivity contribution in [2.75, 3.05) is 12.9 Å². The molecule has 0 aliphatic carbocycles. The maximum Gasteiger partial charge on any atom is 0.178 e. The van der Waals surface area contributed by atoms with Crippen LogP contribution >= 0.6 is 0 Å². The van der Waals surface area contributed by atoms with Crippen LogP contribution in [-0.2, 0) is 21.0 Å². The molecule has 1 rings (SSSR count). The molecule has 1 atom stereocenters. The van der Waals surface area contributed by atoms with Gasteiger partial charge in [0.25, 0.3) is 0 Å². The molecule has 132 valence electrons. The second-order valence-corrected chi connectivity index (χ2v) is 9.18. The van der Waals surface area contributed by atoms with Crippen molar-refractivity contribution in [3.63, 3.8) is 0 Å². The molecule has 0 saturated carbocycles. The van der Waals surface area contributed by atoms with E-state index in [1.54, 1.807) is 19.2 Å². The Labute approximate surface area is 142 Å². The molecule has 1 aromatic carbocycles. The van der Waals surface area contributed by atoms with Crippen LogP contribution in [0.5, 0.6) is 0 Å². The molecule has 0 heterocycles. The minimum absolute atomic E-state index is 0.0905. The van der Waals surface area contributed by atoms with Crippen LogP contribution in [0.1, 0.15) is 58.9 Å². The van der Waals surface area contributed by atoms with E-state index >= 15 is 0 Å². The number of ether oxygens (including phenoxy) is 1. The van der Waals surface area contributed by atoms with Crippen molar-refractivity contribution in [2.45, 2.75) is 70.3 Å². The summed E-state index contributed by atoms with van der Waals surface area (Å²) < 4.78 is 30.2. The number of methoxy groups -OCH3 is 1. The highest BCUT2D eigenvalue weighted by molar-refractivity contribution is 7.91. The lowest BCUT2D eigenvalue weighted by molar-refractivity contribution is 0.0127. The summed E-state index contributed by atoms with van der Waals surface area (Å²) in [6.07, 6.45) is 4.74. The maximum atomic E-state index is 12.4. The van der Waals surface area contributed by atoms with E-state index in [1.807, 2.05) is 12.1 Å². The van der Waals surface area contributed by atoms with Gasteiger partial charge in [-0.2, -0.15) is 0 Å². The third-order valence-electron chi connectivity index (χ3n) is 4.60. The van der Waals surface area contributed by atoms with Crippen molar-refractivity contribution >= 4 is 9.84 Å². The van der Waals surface area contributed by atoms with Crippen LogP contribution in [0, 0.1) is 5.92 Å². The zero-order valence-electron chi connectivity index (χ0n) is 15.3.